The predicted octanol–water partition coefficient (Wildman–Crippen LogP) is 0.227. The number of hydrogen-bond donors (Lipinski definition) is 1. The van der Waals surface area contributed by atoms with Crippen LogP contribution in [0.2, 0.25) is 0 Å². The molecule has 5 heteroatoms. The Labute approximate surface area is 70.8 Å². The van der Waals surface area contributed by atoms with Gasteiger partial charge in [-0.05, 0) is 13.0 Å². The van der Waals surface area contributed by atoms with Crippen LogP contribution >= 0.6 is 0 Å². The third kappa shape index (κ3) is 3.43. The van der Waals surface area contributed by atoms with E-state index in [2.05, 4.69) is 15.6 Å². The van der Waals surface area contributed by atoms with Crippen LogP contribution in [0, 0.1) is 0 Å². The van der Waals surface area contributed by atoms with Crippen LogP contribution in [0.5, 0.6) is 0 Å². The van der Waals surface area contributed by atoms with E-state index in [4.69, 9.17) is 0 Å². The second-order valence-electron chi connectivity index (χ2n) is 2.46. The minimum absolute atomic E-state index is 0.254. The highest BCUT2D eigenvalue weighted by molar-refractivity contribution is 4.64. The van der Waals surface area contributed by atoms with E-state index >= 15 is 0 Å². The van der Waals surface area contributed by atoms with E-state index in [1.54, 1.807) is 17.1 Å². The van der Waals surface area contributed by atoms with Gasteiger partial charge in [-0.25, -0.2) is 0 Å². The number of hydrogen-bond acceptors (Lipinski definition) is 3. The Balaban J connectivity index is 1.96. The first kappa shape index (κ1) is 9.12. The van der Waals surface area contributed by atoms with E-state index in [1.807, 2.05) is 0 Å². The van der Waals surface area contributed by atoms with E-state index in [0.717, 1.165) is 19.6 Å². The molecule has 0 aliphatic carbocycles. The third-order valence-corrected chi connectivity index (χ3v) is 1.48. The second kappa shape index (κ2) is 5.65. The molecule has 1 N–H and O–H groups in total. The van der Waals surface area contributed by atoms with E-state index in [-0.39, 0.29) is 6.67 Å². The predicted molar refractivity (Wildman–Crippen MR) is 43.5 cm³/mol. The molecule has 0 aromatic carbocycles. The molecule has 0 saturated heterocycles. The molecule has 12 heavy (non-hydrogen) atoms. The van der Waals surface area contributed by atoms with Gasteiger partial charge in [0.05, 0.1) is 19.4 Å². The number of halogens is 1. The van der Waals surface area contributed by atoms with Crippen molar-refractivity contribution in [1.82, 2.24) is 20.3 Å². The Kier molecular flexibility index (Phi) is 4.30. The van der Waals surface area contributed by atoms with Crippen molar-refractivity contribution in [1.29, 1.82) is 0 Å². The molecule has 0 aliphatic rings. The van der Waals surface area contributed by atoms with E-state index in [9.17, 15) is 4.39 Å². The average Bonchev–Trinajstić information content (AvgIpc) is 2.57. The fourth-order valence-corrected chi connectivity index (χ4v) is 0.862. The number of nitrogens with one attached hydrogen (secondary N) is 1. The van der Waals surface area contributed by atoms with E-state index in [0.29, 0.717) is 6.42 Å². The molecular weight excluding hydrogens is 159 g/mol. The summed E-state index contributed by atoms with van der Waals surface area (Å²) in [5, 5.41) is 10.5. The van der Waals surface area contributed by atoms with E-state index in [1.165, 1.54) is 0 Å². The number of nitrogens with zero attached hydrogens (tertiary/aromatic N) is 3. The molecule has 0 atom stereocenters. The van der Waals surface area contributed by atoms with E-state index < -0.39 is 0 Å². The van der Waals surface area contributed by atoms with Crippen LogP contribution in [-0.4, -0.2) is 34.8 Å². The van der Waals surface area contributed by atoms with Gasteiger partial charge >= 0.3 is 0 Å². The van der Waals surface area contributed by atoms with Crippen molar-refractivity contribution in [2.45, 2.75) is 13.0 Å². The normalized spacial score (nSPS) is 10.4. The molecular formula is C7H13FN4. The van der Waals surface area contributed by atoms with Gasteiger partial charge in [0.25, 0.3) is 0 Å². The van der Waals surface area contributed by atoms with Crippen molar-refractivity contribution >= 4 is 0 Å². The highest BCUT2D eigenvalue weighted by atomic mass is 19.1. The molecule has 0 fully saturated rings. The standard InChI is InChI=1S/C7H13FN4/c8-2-1-3-9-4-6-12-7-5-10-11-12/h5,7,9H,1-4,6H2. The van der Waals surface area contributed by atoms with Crippen molar-refractivity contribution in [2.75, 3.05) is 19.8 Å². The summed E-state index contributed by atoms with van der Waals surface area (Å²) in [5.41, 5.74) is 0. The quantitative estimate of drug-likeness (QED) is 0.624. The second-order valence-corrected chi connectivity index (χ2v) is 2.46. The summed E-state index contributed by atoms with van der Waals surface area (Å²) >= 11 is 0. The third-order valence-electron chi connectivity index (χ3n) is 1.48. The first-order valence-corrected chi connectivity index (χ1v) is 4.04. The molecule has 4 nitrogen and oxygen atoms in total. The molecule has 68 valence electrons. The molecule has 0 unspecified atom stereocenters. The SMILES string of the molecule is FCCCNCCn1ccnn1. The Morgan fingerprint density at radius 2 is 2.33 bits per heavy atom. The summed E-state index contributed by atoms with van der Waals surface area (Å²) < 4.78 is 13.4. The van der Waals surface area contributed by atoms with Crippen LogP contribution in [0.4, 0.5) is 4.39 Å². The summed E-state index contributed by atoms with van der Waals surface area (Å²) in [4.78, 5) is 0. The van der Waals surface area contributed by atoms with Crippen molar-refractivity contribution < 1.29 is 4.39 Å². The van der Waals surface area contributed by atoms with Gasteiger partial charge in [-0.2, -0.15) is 0 Å². The molecule has 0 amide bonds. The highest BCUT2D eigenvalue weighted by Gasteiger charge is 1.90. The minimum atomic E-state index is -0.254. The van der Waals surface area contributed by atoms with Crippen LogP contribution in [0.3, 0.4) is 0 Å². The zero-order valence-electron chi connectivity index (χ0n) is 6.91. The van der Waals surface area contributed by atoms with Crippen LogP contribution in [0.25, 0.3) is 0 Å². The summed E-state index contributed by atoms with van der Waals surface area (Å²) in [6.07, 6.45) is 4.02. The van der Waals surface area contributed by atoms with Crippen molar-refractivity contribution in [3.63, 3.8) is 0 Å². The van der Waals surface area contributed by atoms with Crippen molar-refractivity contribution in [3.8, 4) is 0 Å². The van der Waals surface area contributed by atoms with Gasteiger partial charge in [0.2, 0.25) is 0 Å². The van der Waals surface area contributed by atoms with Gasteiger partial charge < -0.3 is 5.32 Å². The molecule has 1 aromatic heterocycles. The fraction of sp³-hybridized carbons (Fsp3) is 0.714. The van der Waals surface area contributed by atoms with Crippen LogP contribution in [-0.2, 0) is 6.54 Å². The number of aromatic nitrogens is 3. The molecule has 1 aromatic rings. The molecule has 0 radical (unpaired) electrons. The average molecular weight is 172 g/mol. The topological polar surface area (TPSA) is 42.7 Å². The maximum Gasteiger partial charge on any atom is 0.0906 e. The van der Waals surface area contributed by atoms with Gasteiger partial charge in [0, 0.05) is 12.7 Å². The summed E-state index contributed by atoms with van der Waals surface area (Å²) in [7, 11) is 0. The summed E-state index contributed by atoms with van der Waals surface area (Å²) in [6, 6.07) is 0. The minimum Gasteiger partial charge on any atom is -0.315 e. The lowest BCUT2D eigenvalue weighted by Gasteiger charge is -2.01. The lowest BCUT2D eigenvalue weighted by atomic mass is 10.4. The highest BCUT2D eigenvalue weighted by Crippen LogP contribution is 1.80. The maximum absolute atomic E-state index is 11.6. The number of alkyl halides is 1. The van der Waals surface area contributed by atoms with Crippen LogP contribution in [0.15, 0.2) is 12.4 Å². The Morgan fingerprint density at radius 1 is 1.42 bits per heavy atom. The largest absolute Gasteiger partial charge is 0.315 e. The summed E-state index contributed by atoms with van der Waals surface area (Å²) in [5.74, 6) is 0. The van der Waals surface area contributed by atoms with Gasteiger partial charge in [-0.3, -0.25) is 9.07 Å². The van der Waals surface area contributed by atoms with Crippen molar-refractivity contribution in [2.24, 2.45) is 0 Å². The Hall–Kier alpha value is -0.970. The van der Waals surface area contributed by atoms with Gasteiger partial charge in [-0.15, -0.1) is 5.10 Å². The Bertz CT molecular complexity index is 187. The van der Waals surface area contributed by atoms with Crippen molar-refractivity contribution in [3.05, 3.63) is 12.4 Å². The van der Waals surface area contributed by atoms with Gasteiger partial charge in [0.1, 0.15) is 0 Å². The molecule has 1 heterocycles. The van der Waals surface area contributed by atoms with Gasteiger partial charge in [-0.1, -0.05) is 5.21 Å². The maximum atomic E-state index is 11.6. The van der Waals surface area contributed by atoms with Crippen LogP contribution in [0.1, 0.15) is 6.42 Å². The smallest absolute Gasteiger partial charge is 0.0906 e. The first-order chi connectivity index (χ1) is 5.93. The number of rotatable bonds is 6. The summed E-state index contributed by atoms with van der Waals surface area (Å²) in [6.45, 7) is 2.07. The molecule has 0 aliphatic heterocycles. The monoisotopic (exact) mass is 172 g/mol. The molecule has 0 saturated carbocycles. The molecule has 1 rings (SSSR count). The lowest BCUT2D eigenvalue weighted by molar-refractivity contribution is 0.451. The van der Waals surface area contributed by atoms with Gasteiger partial charge in [0.15, 0.2) is 0 Å². The lowest BCUT2D eigenvalue weighted by Crippen LogP contribution is -2.21. The zero-order valence-corrected chi connectivity index (χ0v) is 6.91. The Morgan fingerprint density at radius 3 is 3.00 bits per heavy atom. The zero-order chi connectivity index (χ0) is 8.65. The molecule has 0 spiro atoms. The fourth-order valence-electron chi connectivity index (χ4n) is 0.862. The molecule has 0 bridgehead atoms. The van der Waals surface area contributed by atoms with Crippen LogP contribution < -0.4 is 5.32 Å². The first-order valence-electron chi connectivity index (χ1n) is 4.04.